The maximum Gasteiger partial charge on any atom is 0.0577 e. The van der Waals surface area contributed by atoms with Gasteiger partial charge >= 0.3 is 0 Å². The third-order valence-corrected chi connectivity index (χ3v) is 7.41. The molecule has 0 aliphatic heterocycles. The Labute approximate surface area is 127 Å². The number of hydrogen-bond donors (Lipinski definition) is 2. The average Bonchev–Trinajstić information content (AvgIpc) is 2.88. The predicted molar refractivity (Wildman–Crippen MR) is 83.6 cm³/mol. The summed E-state index contributed by atoms with van der Waals surface area (Å²) in [6.07, 6.45) is 14.6. The van der Waals surface area contributed by atoms with E-state index in [4.69, 9.17) is 0 Å². The van der Waals surface area contributed by atoms with E-state index in [0.717, 1.165) is 37.5 Å². The molecule has 2 heteroatoms. The van der Waals surface area contributed by atoms with Gasteiger partial charge in [-0.2, -0.15) is 0 Å². The molecule has 0 amide bonds. The Morgan fingerprint density at radius 3 is 2.86 bits per heavy atom. The molecule has 116 valence electrons. The lowest BCUT2D eigenvalue weighted by molar-refractivity contribution is -0.0580. The molecule has 0 spiro atoms. The molecule has 21 heavy (non-hydrogen) atoms. The van der Waals surface area contributed by atoms with Gasteiger partial charge < -0.3 is 10.2 Å². The highest BCUT2D eigenvalue weighted by Gasteiger charge is 2.56. The third-order valence-electron chi connectivity index (χ3n) is 7.41. The van der Waals surface area contributed by atoms with Gasteiger partial charge in [-0.15, -0.1) is 0 Å². The van der Waals surface area contributed by atoms with Crippen LogP contribution in [0.3, 0.4) is 0 Å². The maximum atomic E-state index is 10.3. The van der Waals surface area contributed by atoms with Gasteiger partial charge in [0.15, 0.2) is 0 Å². The van der Waals surface area contributed by atoms with Crippen molar-refractivity contribution in [1.29, 1.82) is 0 Å². The smallest absolute Gasteiger partial charge is 0.0577 e. The number of fused-ring (bicyclic) bond motifs is 5. The molecule has 4 aliphatic carbocycles. The van der Waals surface area contributed by atoms with Crippen molar-refractivity contribution in [3.8, 4) is 0 Å². The molecule has 0 bridgehead atoms. The van der Waals surface area contributed by atoms with E-state index in [-0.39, 0.29) is 18.1 Å². The van der Waals surface area contributed by atoms with Crippen LogP contribution in [0.25, 0.3) is 0 Å². The zero-order chi connectivity index (χ0) is 14.7. The molecule has 1 unspecified atom stereocenters. The Hall–Kier alpha value is -0.600. The first-order valence-corrected chi connectivity index (χ1v) is 8.75. The maximum absolute atomic E-state index is 10.3. The summed E-state index contributed by atoms with van der Waals surface area (Å²) in [5.74, 6) is 2.13. The van der Waals surface area contributed by atoms with Crippen LogP contribution in [0.15, 0.2) is 23.8 Å². The SMILES string of the molecule is C[C@@]12C=CC[C@H]1[C@@H]1CC=C3CC(O)CC[C@]3(CO)[C@@H]1CC2. The summed E-state index contributed by atoms with van der Waals surface area (Å²) in [7, 11) is 0. The third kappa shape index (κ3) is 1.85. The molecule has 2 N–H and O–H groups in total. The summed E-state index contributed by atoms with van der Waals surface area (Å²) in [6.45, 7) is 2.72. The van der Waals surface area contributed by atoms with Gasteiger partial charge in [0.25, 0.3) is 0 Å². The van der Waals surface area contributed by atoms with E-state index in [9.17, 15) is 10.2 Å². The zero-order valence-corrected chi connectivity index (χ0v) is 13.1. The minimum absolute atomic E-state index is 0.00787. The second-order valence-corrected chi connectivity index (χ2v) is 8.24. The highest BCUT2D eigenvalue weighted by Crippen LogP contribution is 2.63. The van der Waals surface area contributed by atoms with E-state index in [1.54, 1.807) is 0 Å². The van der Waals surface area contributed by atoms with Gasteiger partial charge in [-0.3, -0.25) is 0 Å². The molecule has 0 aromatic carbocycles. The second-order valence-electron chi connectivity index (χ2n) is 8.24. The molecule has 2 nitrogen and oxygen atoms in total. The van der Waals surface area contributed by atoms with Crippen LogP contribution in [0.2, 0.25) is 0 Å². The zero-order valence-electron chi connectivity index (χ0n) is 13.1. The van der Waals surface area contributed by atoms with Crippen LogP contribution in [0.1, 0.15) is 51.9 Å². The Bertz CT molecular complexity index is 494. The normalized spacial score (nSPS) is 51.9. The standard InChI is InChI=1S/C19H28O2/c1-18-8-2-3-16(18)15-5-4-13-11-14(21)6-10-19(13,12-20)17(15)7-9-18/h2,4,8,14-17,20-21H,3,5-7,9-12H2,1H3/t14?,15-,16-,17+,18-,19+/m0/s1. The van der Waals surface area contributed by atoms with Gasteiger partial charge in [0.05, 0.1) is 12.7 Å². The first-order chi connectivity index (χ1) is 10.1. The molecule has 4 aliphatic rings. The van der Waals surface area contributed by atoms with Crippen molar-refractivity contribution in [2.45, 2.75) is 58.0 Å². The molecular formula is C19H28O2. The minimum Gasteiger partial charge on any atom is -0.395 e. The van der Waals surface area contributed by atoms with Gasteiger partial charge in [-0.05, 0) is 68.1 Å². The van der Waals surface area contributed by atoms with E-state index in [1.807, 2.05) is 0 Å². The van der Waals surface area contributed by atoms with Crippen LogP contribution >= 0.6 is 0 Å². The predicted octanol–water partition coefficient (Wildman–Crippen LogP) is 3.45. The molecule has 0 aromatic heterocycles. The van der Waals surface area contributed by atoms with Crippen LogP contribution in [-0.4, -0.2) is 22.9 Å². The van der Waals surface area contributed by atoms with Crippen molar-refractivity contribution in [2.24, 2.45) is 28.6 Å². The molecule has 0 aromatic rings. The lowest BCUT2D eigenvalue weighted by Crippen LogP contribution is -2.52. The topological polar surface area (TPSA) is 40.5 Å². The van der Waals surface area contributed by atoms with Gasteiger partial charge in [0, 0.05) is 5.41 Å². The number of allylic oxidation sites excluding steroid dienone is 3. The second kappa shape index (κ2) is 4.70. The summed E-state index contributed by atoms with van der Waals surface area (Å²) in [4.78, 5) is 0. The largest absolute Gasteiger partial charge is 0.395 e. The van der Waals surface area contributed by atoms with E-state index in [2.05, 4.69) is 25.2 Å². The van der Waals surface area contributed by atoms with Crippen LogP contribution in [0.5, 0.6) is 0 Å². The summed E-state index contributed by atoms with van der Waals surface area (Å²) < 4.78 is 0. The summed E-state index contributed by atoms with van der Waals surface area (Å²) in [6, 6.07) is 0. The summed E-state index contributed by atoms with van der Waals surface area (Å²) >= 11 is 0. The molecule has 2 fully saturated rings. The highest BCUT2D eigenvalue weighted by molar-refractivity contribution is 5.27. The van der Waals surface area contributed by atoms with E-state index in [1.165, 1.54) is 24.8 Å². The lowest BCUT2D eigenvalue weighted by Gasteiger charge is -2.57. The van der Waals surface area contributed by atoms with Crippen molar-refractivity contribution in [3.63, 3.8) is 0 Å². The van der Waals surface area contributed by atoms with Gasteiger partial charge in [0.1, 0.15) is 0 Å². The van der Waals surface area contributed by atoms with Crippen LogP contribution in [0.4, 0.5) is 0 Å². The molecule has 0 radical (unpaired) electrons. The van der Waals surface area contributed by atoms with Crippen LogP contribution < -0.4 is 0 Å². The number of rotatable bonds is 1. The fourth-order valence-electron chi connectivity index (χ4n) is 6.22. The molecule has 4 rings (SSSR count). The van der Waals surface area contributed by atoms with Gasteiger partial charge in [-0.25, -0.2) is 0 Å². The van der Waals surface area contributed by atoms with E-state index < -0.39 is 0 Å². The highest BCUT2D eigenvalue weighted by atomic mass is 16.3. The molecule has 0 saturated heterocycles. The van der Waals surface area contributed by atoms with Gasteiger partial charge in [0.2, 0.25) is 0 Å². The summed E-state index contributed by atoms with van der Waals surface area (Å²) in [5, 5.41) is 20.3. The van der Waals surface area contributed by atoms with Crippen LogP contribution in [0, 0.1) is 28.6 Å². The number of aliphatic hydroxyl groups is 2. The Balaban J connectivity index is 1.71. The molecule has 0 heterocycles. The van der Waals surface area contributed by atoms with Crippen molar-refractivity contribution < 1.29 is 10.2 Å². The fraction of sp³-hybridized carbons (Fsp3) is 0.789. The van der Waals surface area contributed by atoms with E-state index >= 15 is 0 Å². The molecular weight excluding hydrogens is 260 g/mol. The Kier molecular flexibility index (Phi) is 3.14. The van der Waals surface area contributed by atoms with Crippen molar-refractivity contribution in [3.05, 3.63) is 23.8 Å². The summed E-state index contributed by atoms with van der Waals surface area (Å²) in [5.41, 5.74) is 1.77. The quantitative estimate of drug-likeness (QED) is 0.726. The average molecular weight is 288 g/mol. The number of aliphatic hydroxyl groups excluding tert-OH is 2. The number of hydrogen-bond acceptors (Lipinski definition) is 2. The molecule has 6 atom stereocenters. The fourth-order valence-corrected chi connectivity index (χ4v) is 6.22. The van der Waals surface area contributed by atoms with Crippen molar-refractivity contribution in [2.75, 3.05) is 6.61 Å². The Morgan fingerprint density at radius 1 is 1.19 bits per heavy atom. The Morgan fingerprint density at radius 2 is 2.05 bits per heavy atom. The lowest BCUT2D eigenvalue weighted by atomic mass is 9.47. The first-order valence-electron chi connectivity index (χ1n) is 8.75. The first kappa shape index (κ1) is 14.0. The monoisotopic (exact) mass is 288 g/mol. The molecule has 2 saturated carbocycles. The van der Waals surface area contributed by atoms with E-state index in [0.29, 0.717) is 11.3 Å². The van der Waals surface area contributed by atoms with Crippen molar-refractivity contribution in [1.82, 2.24) is 0 Å². The van der Waals surface area contributed by atoms with Gasteiger partial charge in [-0.1, -0.05) is 30.7 Å². The minimum atomic E-state index is -0.186. The van der Waals surface area contributed by atoms with Crippen LogP contribution in [-0.2, 0) is 0 Å². The van der Waals surface area contributed by atoms with Crippen molar-refractivity contribution >= 4 is 0 Å².